The Labute approximate surface area is 159 Å². The topological polar surface area (TPSA) is 66.9 Å². The van der Waals surface area contributed by atoms with Crippen molar-refractivity contribution in [1.82, 2.24) is 4.90 Å². The molecule has 0 aliphatic carbocycles. The molecule has 0 spiro atoms. The molecule has 8 heteroatoms. The first-order valence-corrected chi connectivity index (χ1v) is 10.0. The molecule has 6 nitrogen and oxygen atoms in total. The van der Waals surface area contributed by atoms with Crippen LogP contribution in [0.15, 0.2) is 48.5 Å². The molecule has 0 aliphatic heterocycles. The average molecular weight is 397 g/mol. The standard InChI is InChI=1S/C18H21ClN2O4S/c1-20(12-14-7-4-5-10-17(14)25-2)18(22)13-21(26(3,23)24)16-9-6-8-15(19)11-16/h4-11H,12-13H2,1-3H3. The van der Waals surface area contributed by atoms with Crippen LogP contribution in [0.2, 0.25) is 5.02 Å². The second kappa shape index (κ2) is 8.42. The summed E-state index contributed by atoms with van der Waals surface area (Å²) in [5.41, 5.74) is 1.18. The second-order valence-corrected chi connectivity index (χ2v) is 8.15. The third-order valence-electron chi connectivity index (χ3n) is 3.80. The summed E-state index contributed by atoms with van der Waals surface area (Å²) in [7, 11) is -0.468. The number of halogens is 1. The summed E-state index contributed by atoms with van der Waals surface area (Å²) in [6.07, 6.45) is 1.06. The summed E-state index contributed by atoms with van der Waals surface area (Å²) in [5.74, 6) is 0.322. The van der Waals surface area contributed by atoms with Gasteiger partial charge in [-0.3, -0.25) is 9.10 Å². The Balaban J connectivity index is 2.19. The number of ether oxygens (including phenoxy) is 1. The molecule has 0 saturated heterocycles. The van der Waals surface area contributed by atoms with E-state index >= 15 is 0 Å². The molecule has 0 radical (unpaired) electrons. The number of likely N-dealkylation sites (N-methyl/N-ethyl adjacent to an activating group) is 1. The van der Waals surface area contributed by atoms with Gasteiger partial charge in [0.1, 0.15) is 12.3 Å². The van der Waals surface area contributed by atoms with E-state index < -0.39 is 10.0 Å². The number of methoxy groups -OCH3 is 1. The Morgan fingerprint density at radius 3 is 2.46 bits per heavy atom. The van der Waals surface area contributed by atoms with Crippen molar-refractivity contribution in [2.45, 2.75) is 6.54 Å². The van der Waals surface area contributed by atoms with Gasteiger partial charge in [-0.2, -0.15) is 0 Å². The maximum Gasteiger partial charge on any atom is 0.243 e. The van der Waals surface area contributed by atoms with Crippen LogP contribution in [0.25, 0.3) is 0 Å². The van der Waals surface area contributed by atoms with E-state index in [-0.39, 0.29) is 12.5 Å². The molecule has 0 heterocycles. The largest absolute Gasteiger partial charge is 0.496 e. The molecular weight excluding hydrogens is 376 g/mol. The van der Waals surface area contributed by atoms with E-state index in [2.05, 4.69) is 0 Å². The van der Waals surface area contributed by atoms with E-state index in [1.807, 2.05) is 24.3 Å². The van der Waals surface area contributed by atoms with Crippen LogP contribution >= 0.6 is 11.6 Å². The van der Waals surface area contributed by atoms with E-state index in [9.17, 15) is 13.2 Å². The van der Waals surface area contributed by atoms with Gasteiger partial charge in [-0.1, -0.05) is 35.9 Å². The molecule has 2 aromatic rings. The number of hydrogen-bond donors (Lipinski definition) is 0. The van der Waals surface area contributed by atoms with Gasteiger partial charge in [0.25, 0.3) is 0 Å². The maximum absolute atomic E-state index is 12.6. The predicted molar refractivity (Wildman–Crippen MR) is 103 cm³/mol. The molecule has 140 valence electrons. The highest BCUT2D eigenvalue weighted by atomic mass is 35.5. The van der Waals surface area contributed by atoms with E-state index in [1.165, 1.54) is 11.0 Å². The highest BCUT2D eigenvalue weighted by Gasteiger charge is 2.23. The normalized spacial score (nSPS) is 11.1. The Morgan fingerprint density at radius 1 is 1.15 bits per heavy atom. The van der Waals surface area contributed by atoms with Crippen LogP contribution in [0.1, 0.15) is 5.56 Å². The van der Waals surface area contributed by atoms with E-state index in [0.717, 1.165) is 16.1 Å². The zero-order valence-electron chi connectivity index (χ0n) is 14.8. The fraction of sp³-hybridized carbons (Fsp3) is 0.278. The first-order valence-electron chi connectivity index (χ1n) is 7.81. The smallest absolute Gasteiger partial charge is 0.243 e. The van der Waals surface area contributed by atoms with Crippen molar-refractivity contribution >= 4 is 33.2 Å². The Hall–Kier alpha value is -2.25. The van der Waals surface area contributed by atoms with Crippen LogP contribution in [0.4, 0.5) is 5.69 Å². The molecule has 0 saturated carbocycles. The molecule has 1 amide bonds. The maximum atomic E-state index is 12.6. The first kappa shape index (κ1) is 20.1. The minimum absolute atomic E-state index is 0.302. The molecule has 0 fully saturated rings. The SMILES string of the molecule is COc1ccccc1CN(C)C(=O)CN(c1cccc(Cl)c1)S(C)(=O)=O. The third-order valence-corrected chi connectivity index (χ3v) is 5.18. The summed E-state index contributed by atoms with van der Waals surface area (Å²) in [6, 6.07) is 13.7. The fourth-order valence-electron chi connectivity index (χ4n) is 2.45. The molecule has 2 aromatic carbocycles. The van der Waals surface area contributed by atoms with Crippen LogP contribution in [0.5, 0.6) is 5.75 Å². The van der Waals surface area contributed by atoms with Crippen molar-refractivity contribution in [1.29, 1.82) is 0 Å². The average Bonchev–Trinajstić information content (AvgIpc) is 2.58. The van der Waals surface area contributed by atoms with Crippen LogP contribution in [0.3, 0.4) is 0 Å². The number of amides is 1. The van der Waals surface area contributed by atoms with E-state index in [4.69, 9.17) is 16.3 Å². The minimum Gasteiger partial charge on any atom is -0.496 e. The predicted octanol–water partition coefficient (Wildman–Crippen LogP) is 2.77. The molecule has 0 aliphatic rings. The van der Waals surface area contributed by atoms with Gasteiger partial charge in [0, 0.05) is 24.2 Å². The van der Waals surface area contributed by atoms with Gasteiger partial charge in [0.2, 0.25) is 15.9 Å². The van der Waals surface area contributed by atoms with E-state index in [0.29, 0.717) is 23.0 Å². The number of carbonyl (C=O) groups is 1. The molecule has 0 atom stereocenters. The number of sulfonamides is 1. The number of rotatable bonds is 7. The van der Waals surface area contributed by atoms with Gasteiger partial charge in [0.05, 0.1) is 19.1 Å². The lowest BCUT2D eigenvalue weighted by molar-refractivity contribution is -0.128. The first-order chi connectivity index (χ1) is 12.2. The number of benzene rings is 2. The van der Waals surface area contributed by atoms with Crippen molar-refractivity contribution < 1.29 is 17.9 Å². The lowest BCUT2D eigenvalue weighted by Crippen LogP contribution is -2.41. The molecule has 0 aromatic heterocycles. The Morgan fingerprint density at radius 2 is 1.85 bits per heavy atom. The summed E-state index contributed by atoms with van der Waals surface area (Å²) in [6.45, 7) is -0.0131. The number of nitrogens with zero attached hydrogens (tertiary/aromatic N) is 2. The van der Waals surface area contributed by atoms with Crippen molar-refractivity contribution in [3.05, 3.63) is 59.1 Å². The van der Waals surface area contributed by atoms with Crippen LogP contribution in [-0.2, 0) is 21.4 Å². The highest BCUT2D eigenvalue weighted by Crippen LogP contribution is 2.23. The Kier molecular flexibility index (Phi) is 6.50. The summed E-state index contributed by atoms with van der Waals surface area (Å²) in [5, 5.41) is 0.394. The lowest BCUT2D eigenvalue weighted by atomic mass is 10.2. The van der Waals surface area contributed by atoms with Gasteiger partial charge in [-0.25, -0.2) is 8.42 Å². The lowest BCUT2D eigenvalue weighted by Gasteiger charge is -2.25. The van der Waals surface area contributed by atoms with Crippen molar-refractivity contribution in [2.75, 3.05) is 31.3 Å². The zero-order valence-corrected chi connectivity index (χ0v) is 16.4. The molecule has 0 bridgehead atoms. The highest BCUT2D eigenvalue weighted by molar-refractivity contribution is 7.92. The summed E-state index contributed by atoms with van der Waals surface area (Å²) < 4.78 is 30.6. The molecule has 26 heavy (non-hydrogen) atoms. The van der Waals surface area contributed by atoms with Crippen LogP contribution in [0, 0.1) is 0 Å². The third kappa shape index (κ3) is 5.12. The van der Waals surface area contributed by atoms with Gasteiger partial charge in [-0.05, 0) is 24.3 Å². The van der Waals surface area contributed by atoms with Crippen LogP contribution < -0.4 is 9.04 Å². The van der Waals surface area contributed by atoms with Crippen molar-refractivity contribution in [3.8, 4) is 5.75 Å². The molecule has 0 N–H and O–H groups in total. The van der Waals surface area contributed by atoms with Crippen LogP contribution in [-0.4, -0.2) is 46.2 Å². The molecule has 2 rings (SSSR count). The number of anilines is 1. The molecular formula is C18H21ClN2O4S. The van der Waals surface area contributed by atoms with Gasteiger partial charge in [-0.15, -0.1) is 0 Å². The summed E-state index contributed by atoms with van der Waals surface area (Å²) >= 11 is 5.95. The van der Waals surface area contributed by atoms with Gasteiger partial charge in [0.15, 0.2) is 0 Å². The zero-order chi connectivity index (χ0) is 19.3. The monoisotopic (exact) mass is 396 g/mol. The number of hydrogen-bond acceptors (Lipinski definition) is 4. The Bertz CT molecular complexity index is 886. The summed E-state index contributed by atoms with van der Waals surface area (Å²) in [4.78, 5) is 14.1. The molecule has 0 unspecified atom stereocenters. The second-order valence-electron chi connectivity index (χ2n) is 5.81. The number of carbonyl (C=O) groups excluding carboxylic acids is 1. The van der Waals surface area contributed by atoms with E-state index in [1.54, 1.807) is 32.4 Å². The minimum atomic E-state index is -3.65. The quantitative estimate of drug-likeness (QED) is 0.721. The number of para-hydroxylation sites is 1. The van der Waals surface area contributed by atoms with Gasteiger partial charge < -0.3 is 9.64 Å². The van der Waals surface area contributed by atoms with Gasteiger partial charge >= 0.3 is 0 Å². The van der Waals surface area contributed by atoms with Crippen molar-refractivity contribution in [2.24, 2.45) is 0 Å². The fourth-order valence-corrected chi connectivity index (χ4v) is 3.48. The van der Waals surface area contributed by atoms with Crippen molar-refractivity contribution in [3.63, 3.8) is 0 Å².